The van der Waals surface area contributed by atoms with Gasteiger partial charge in [0, 0.05) is 20.1 Å². The van der Waals surface area contributed by atoms with Gasteiger partial charge in [0.2, 0.25) is 0 Å². The molecule has 2 aliphatic rings. The number of hydrogen-bond donors (Lipinski definition) is 2. The van der Waals surface area contributed by atoms with E-state index in [1.54, 1.807) is 6.26 Å². The summed E-state index contributed by atoms with van der Waals surface area (Å²) >= 11 is 0. The zero-order valence-electron chi connectivity index (χ0n) is 17.4. The van der Waals surface area contributed by atoms with Crippen LogP contribution in [0.4, 0.5) is 0 Å². The molecule has 1 aromatic rings. The highest BCUT2D eigenvalue weighted by molar-refractivity contribution is 14.0. The summed E-state index contributed by atoms with van der Waals surface area (Å²) in [6, 6.07) is 4.34. The Morgan fingerprint density at radius 3 is 2.43 bits per heavy atom. The van der Waals surface area contributed by atoms with Gasteiger partial charge in [-0.3, -0.25) is 9.89 Å². The molecule has 0 spiro atoms. The van der Waals surface area contributed by atoms with Gasteiger partial charge in [0.05, 0.1) is 12.3 Å². The van der Waals surface area contributed by atoms with Crippen LogP contribution in [-0.4, -0.2) is 68.6 Å². The third-order valence-electron chi connectivity index (χ3n) is 5.78. The Morgan fingerprint density at radius 1 is 1.07 bits per heavy atom. The van der Waals surface area contributed by atoms with E-state index in [1.165, 1.54) is 58.2 Å². The van der Waals surface area contributed by atoms with Crippen LogP contribution < -0.4 is 10.6 Å². The van der Waals surface area contributed by atoms with Crippen molar-refractivity contribution in [2.45, 2.75) is 51.0 Å². The van der Waals surface area contributed by atoms with Gasteiger partial charge in [0.25, 0.3) is 0 Å². The molecule has 0 bridgehead atoms. The molecule has 1 aromatic heterocycles. The summed E-state index contributed by atoms with van der Waals surface area (Å²) in [5, 5.41) is 6.99. The molecule has 1 unspecified atom stereocenters. The van der Waals surface area contributed by atoms with E-state index >= 15 is 0 Å². The van der Waals surface area contributed by atoms with Crippen LogP contribution in [0.3, 0.4) is 0 Å². The van der Waals surface area contributed by atoms with Crippen molar-refractivity contribution in [2.75, 3.05) is 52.9 Å². The molecule has 28 heavy (non-hydrogen) atoms. The number of furan rings is 1. The largest absolute Gasteiger partial charge is 0.468 e. The molecule has 2 N–H and O–H groups in total. The van der Waals surface area contributed by atoms with Crippen LogP contribution in [-0.2, 0) is 0 Å². The number of hydrogen-bond acceptors (Lipinski definition) is 4. The van der Waals surface area contributed by atoms with Crippen LogP contribution in [0, 0.1) is 0 Å². The Labute approximate surface area is 187 Å². The maximum Gasteiger partial charge on any atom is 0.191 e. The van der Waals surface area contributed by atoms with E-state index in [2.05, 4.69) is 31.5 Å². The first kappa shape index (κ1) is 23.5. The Balaban J connectivity index is 0.00000280. The molecule has 1 atom stereocenters. The molecule has 7 heteroatoms. The fourth-order valence-corrected chi connectivity index (χ4v) is 4.23. The summed E-state index contributed by atoms with van der Waals surface area (Å²) in [7, 11) is 1.85. The van der Waals surface area contributed by atoms with Gasteiger partial charge in [-0.15, -0.1) is 24.0 Å². The third kappa shape index (κ3) is 7.55. The Hall–Kier alpha value is -0.800. The predicted octanol–water partition coefficient (Wildman–Crippen LogP) is 3.47. The minimum atomic E-state index is 0. The van der Waals surface area contributed by atoms with E-state index in [1.807, 2.05) is 13.1 Å². The standard InChI is InChI=1S/C21H37N5O.HI/c1-22-21(23-11-9-14-25-12-4-2-3-5-13-25)24-18-19(20-10-8-17-27-20)26-15-6-7-16-26;/h8,10,17,19H,2-7,9,11-16,18H2,1H3,(H2,22,23,24);1H. The van der Waals surface area contributed by atoms with Gasteiger partial charge in [-0.2, -0.15) is 0 Å². The van der Waals surface area contributed by atoms with Crippen LogP contribution in [0.25, 0.3) is 0 Å². The van der Waals surface area contributed by atoms with E-state index in [4.69, 9.17) is 4.42 Å². The molecule has 0 radical (unpaired) electrons. The first-order valence-corrected chi connectivity index (χ1v) is 10.8. The molecule has 2 saturated heterocycles. The van der Waals surface area contributed by atoms with Gasteiger partial charge in [0.1, 0.15) is 5.76 Å². The van der Waals surface area contributed by atoms with Gasteiger partial charge in [0.15, 0.2) is 5.96 Å². The fraction of sp³-hybridized carbons (Fsp3) is 0.762. The molecule has 160 valence electrons. The normalized spacial score (nSPS) is 20.4. The highest BCUT2D eigenvalue weighted by atomic mass is 127. The van der Waals surface area contributed by atoms with Crippen LogP contribution in [0.1, 0.15) is 56.7 Å². The van der Waals surface area contributed by atoms with Crippen molar-refractivity contribution in [3.8, 4) is 0 Å². The molecule has 3 rings (SSSR count). The lowest BCUT2D eigenvalue weighted by Crippen LogP contribution is -2.43. The van der Waals surface area contributed by atoms with Gasteiger partial charge < -0.3 is 20.0 Å². The van der Waals surface area contributed by atoms with Gasteiger partial charge in [-0.25, -0.2) is 0 Å². The molecule has 0 aromatic carbocycles. The second kappa shape index (κ2) is 13.4. The van der Waals surface area contributed by atoms with Gasteiger partial charge >= 0.3 is 0 Å². The average molecular weight is 503 g/mol. The lowest BCUT2D eigenvalue weighted by atomic mass is 10.2. The Morgan fingerprint density at radius 2 is 1.79 bits per heavy atom. The minimum absolute atomic E-state index is 0. The lowest BCUT2D eigenvalue weighted by Gasteiger charge is -2.27. The monoisotopic (exact) mass is 503 g/mol. The number of rotatable bonds is 8. The molecule has 0 amide bonds. The lowest BCUT2D eigenvalue weighted by molar-refractivity contribution is 0.215. The van der Waals surface area contributed by atoms with Crippen molar-refractivity contribution in [1.29, 1.82) is 0 Å². The number of likely N-dealkylation sites (tertiary alicyclic amines) is 2. The second-order valence-corrected chi connectivity index (χ2v) is 7.76. The molecule has 2 fully saturated rings. The van der Waals surface area contributed by atoms with Crippen LogP contribution >= 0.6 is 24.0 Å². The van der Waals surface area contributed by atoms with Crippen molar-refractivity contribution in [3.63, 3.8) is 0 Å². The number of nitrogens with one attached hydrogen (secondary N) is 2. The maximum atomic E-state index is 5.70. The van der Waals surface area contributed by atoms with E-state index < -0.39 is 0 Å². The Bertz CT molecular complexity index is 537. The van der Waals surface area contributed by atoms with Gasteiger partial charge in [-0.1, -0.05) is 12.8 Å². The molecule has 6 nitrogen and oxygen atoms in total. The zero-order chi connectivity index (χ0) is 18.7. The minimum Gasteiger partial charge on any atom is -0.468 e. The SMILES string of the molecule is CN=C(NCCCN1CCCCCC1)NCC(c1ccco1)N1CCCC1.I. The second-order valence-electron chi connectivity index (χ2n) is 7.76. The molecule has 3 heterocycles. The first-order chi connectivity index (χ1) is 13.4. The van der Waals surface area contributed by atoms with E-state index in [-0.39, 0.29) is 30.0 Å². The summed E-state index contributed by atoms with van der Waals surface area (Å²) < 4.78 is 5.70. The number of aliphatic imine (C=N–C) groups is 1. The average Bonchev–Trinajstić information content (AvgIpc) is 3.35. The van der Waals surface area contributed by atoms with Crippen LogP contribution in [0.2, 0.25) is 0 Å². The van der Waals surface area contributed by atoms with Crippen molar-refractivity contribution in [2.24, 2.45) is 4.99 Å². The first-order valence-electron chi connectivity index (χ1n) is 10.8. The molecular formula is C21H38IN5O. The highest BCUT2D eigenvalue weighted by Crippen LogP contribution is 2.24. The molecule has 2 aliphatic heterocycles. The van der Waals surface area contributed by atoms with Gasteiger partial charge in [-0.05, 0) is 77.0 Å². The van der Waals surface area contributed by atoms with Crippen molar-refractivity contribution < 1.29 is 4.42 Å². The Kier molecular flexibility index (Phi) is 11.3. The fourth-order valence-electron chi connectivity index (χ4n) is 4.23. The summed E-state index contributed by atoms with van der Waals surface area (Å²) in [4.78, 5) is 9.53. The van der Waals surface area contributed by atoms with Crippen LogP contribution in [0.15, 0.2) is 27.8 Å². The zero-order valence-corrected chi connectivity index (χ0v) is 19.7. The third-order valence-corrected chi connectivity index (χ3v) is 5.78. The van der Waals surface area contributed by atoms with Crippen molar-refractivity contribution >= 4 is 29.9 Å². The van der Waals surface area contributed by atoms with E-state index in [0.717, 1.165) is 44.3 Å². The van der Waals surface area contributed by atoms with Crippen molar-refractivity contribution in [3.05, 3.63) is 24.2 Å². The summed E-state index contributed by atoms with van der Waals surface area (Å²) in [6.45, 7) is 7.81. The van der Waals surface area contributed by atoms with Crippen LogP contribution in [0.5, 0.6) is 0 Å². The summed E-state index contributed by atoms with van der Waals surface area (Å²) in [5.41, 5.74) is 0. The predicted molar refractivity (Wildman–Crippen MR) is 127 cm³/mol. The number of guanidine groups is 1. The van der Waals surface area contributed by atoms with Crippen molar-refractivity contribution in [1.82, 2.24) is 20.4 Å². The summed E-state index contributed by atoms with van der Waals surface area (Å²) in [5.74, 6) is 1.93. The molecule has 0 aliphatic carbocycles. The topological polar surface area (TPSA) is 56.0 Å². The maximum absolute atomic E-state index is 5.70. The molecular weight excluding hydrogens is 465 g/mol. The van der Waals surface area contributed by atoms with E-state index in [9.17, 15) is 0 Å². The highest BCUT2D eigenvalue weighted by Gasteiger charge is 2.25. The number of halogens is 1. The molecule has 0 saturated carbocycles. The quantitative estimate of drug-likeness (QED) is 0.246. The smallest absolute Gasteiger partial charge is 0.191 e. The number of nitrogens with zero attached hydrogens (tertiary/aromatic N) is 3. The summed E-state index contributed by atoms with van der Waals surface area (Å²) in [6.07, 6.45) is 11.0. The van der Waals surface area contributed by atoms with E-state index in [0.29, 0.717) is 0 Å².